The average molecular weight is 287 g/mol. The van der Waals surface area contributed by atoms with Gasteiger partial charge < -0.3 is 0 Å². The minimum Gasteiger partial charge on any atom is -0.237 e. The molecular weight excluding hydrogens is 272 g/mol. The van der Waals surface area contributed by atoms with E-state index in [2.05, 4.69) is 82.2 Å². The third-order valence-corrected chi connectivity index (χ3v) is 4.45. The molecule has 0 N–H and O–H groups in total. The lowest BCUT2D eigenvalue weighted by Crippen LogP contribution is -2.28. The number of aromatic nitrogens is 4. The monoisotopic (exact) mass is 287 g/mol. The molecule has 0 unspecified atom stereocenters. The van der Waals surface area contributed by atoms with Gasteiger partial charge in [0.15, 0.2) is 0 Å². The fraction of sp³-hybridized carbons (Fsp3) is 0.111. The van der Waals surface area contributed by atoms with Gasteiger partial charge in [-0.1, -0.05) is 24.3 Å². The largest absolute Gasteiger partial charge is 0.376 e. The average Bonchev–Trinajstić information content (AvgIpc) is 3.09. The molecule has 0 radical (unpaired) electrons. The van der Waals surface area contributed by atoms with Gasteiger partial charge in [-0.25, -0.2) is 14.0 Å². The fourth-order valence-corrected chi connectivity index (χ4v) is 3.47. The third kappa shape index (κ3) is 1.27. The number of fused-ring (bicyclic) bond motifs is 8. The highest BCUT2D eigenvalue weighted by atomic mass is 15.2. The van der Waals surface area contributed by atoms with Crippen LogP contribution in [0.15, 0.2) is 54.9 Å². The summed E-state index contributed by atoms with van der Waals surface area (Å²) >= 11 is 0. The molecule has 3 heterocycles. The summed E-state index contributed by atoms with van der Waals surface area (Å²) in [4.78, 5) is 4.91. The summed E-state index contributed by atoms with van der Waals surface area (Å²) < 4.78 is 6.65. The van der Waals surface area contributed by atoms with Crippen molar-refractivity contribution in [2.24, 2.45) is 7.05 Å². The Balaban J connectivity index is 2.27. The van der Waals surface area contributed by atoms with Crippen LogP contribution < -0.4 is 4.57 Å². The van der Waals surface area contributed by atoms with E-state index in [9.17, 15) is 0 Å². The van der Waals surface area contributed by atoms with E-state index in [0.29, 0.717) is 0 Å². The Morgan fingerprint density at radius 3 is 2.82 bits per heavy atom. The summed E-state index contributed by atoms with van der Waals surface area (Å²) in [6, 6.07) is 14.7. The molecule has 0 saturated carbocycles. The first-order valence-electron chi connectivity index (χ1n) is 7.41. The van der Waals surface area contributed by atoms with Crippen LogP contribution in [0.25, 0.3) is 33.4 Å². The highest BCUT2D eigenvalue weighted by Crippen LogP contribution is 2.27. The number of nitrogens with zero attached hydrogens (tertiary/aromatic N) is 4. The fourth-order valence-electron chi connectivity index (χ4n) is 3.47. The Kier molecular flexibility index (Phi) is 2.06. The minimum absolute atomic E-state index is 1.02. The molecule has 0 aliphatic carbocycles. The molecule has 3 aromatic heterocycles. The van der Waals surface area contributed by atoms with Gasteiger partial charge in [0.05, 0.1) is 18.6 Å². The molecule has 22 heavy (non-hydrogen) atoms. The van der Waals surface area contributed by atoms with Crippen LogP contribution in [0.5, 0.6) is 0 Å². The van der Waals surface area contributed by atoms with Gasteiger partial charge in [-0.05, 0) is 30.7 Å². The second-order valence-electron chi connectivity index (χ2n) is 5.81. The van der Waals surface area contributed by atoms with Gasteiger partial charge in [-0.3, -0.25) is 0 Å². The molecule has 0 fully saturated rings. The number of hydrogen-bond donors (Lipinski definition) is 0. The van der Waals surface area contributed by atoms with Crippen molar-refractivity contribution in [2.75, 3.05) is 0 Å². The van der Waals surface area contributed by atoms with Crippen LogP contribution in [0.4, 0.5) is 0 Å². The Hall–Kier alpha value is -2.88. The molecule has 0 bridgehead atoms. The van der Waals surface area contributed by atoms with Crippen molar-refractivity contribution in [1.82, 2.24) is 13.8 Å². The normalized spacial score (nSPS) is 12.1. The molecule has 0 aliphatic heterocycles. The zero-order valence-electron chi connectivity index (χ0n) is 12.5. The van der Waals surface area contributed by atoms with Crippen LogP contribution in [-0.2, 0) is 7.05 Å². The number of para-hydroxylation sites is 2. The second kappa shape index (κ2) is 3.85. The zero-order chi connectivity index (χ0) is 14.8. The molecule has 0 spiro atoms. The molecule has 4 heteroatoms. The first-order valence-corrected chi connectivity index (χ1v) is 7.41. The Morgan fingerprint density at radius 2 is 1.91 bits per heavy atom. The number of hydrogen-bond acceptors (Lipinski definition) is 1. The first kappa shape index (κ1) is 11.7. The van der Waals surface area contributed by atoms with E-state index < -0.39 is 0 Å². The van der Waals surface area contributed by atoms with E-state index in [-0.39, 0.29) is 0 Å². The Labute approximate surface area is 126 Å². The van der Waals surface area contributed by atoms with E-state index in [1.54, 1.807) is 0 Å². The van der Waals surface area contributed by atoms with E-state index in [4.69, 9.17) is 4.98 Å². The van der Waals surface area contributed by atoms with Gasteiger partial charge in [-0.15, -0.1) is 0 Å². The van der Waals surface area contributed by atoms with Crippen molar-refractivity contribution in [1.29, 1.82) is 0 Å². The van der Waals surface area contributed by atoms with E-state index >= 15 is 0 Å². The van der Waals surface area contributed by atoms with Crippen molar-refractivity contribution in [2.45, 2.75) is 6.92 Å². The van der Waals surface area contributed by atoms with Crippen molar-refractivity contribution < 1.29 is 4.57 Å². The van der Waals surface area contributed by atoms with Crippen LogP contribution in [0.2, 0.25) is 0 Å². The molecule has 4 nitrogen and oxygen atoms in total. The molecule has 0 aliphatic rings. The zero-order valence-corrected chi connectivity index (χ0v) is 12.5. The molecule has 0 amide bonds. The van der Waals surface area contributed by atoms with Crippen molar-refractivity contribution in [3.63, 3.8) is 0 Å². The quantitative estimate of drug-likeness (QED) is 0.402. The van der Waals surface area contributed by atoms with Crippen LogP contribution in [0.3, 0.4) is 0 Å². The summed E-state index contributed by atoms with van der Waals surface area (Å²) in [7, 11) is 2.08. The summed E-state index contributed by atoms with van der Waals surface area (Å²) in [6.45, 7) is 2.14. The van der Waals surface area contributed by atoms with Crippen LogP contribution in [0, 0.1) is 6.92 Å². The van der Waals surface area contributed by atoms with Gasteiger partial charge in [0.2, 0.25) is 5.65 Å². The van der Waals surface area contributed by atoms with Crippen LogP contribution in [-0.4, -0.2) is 13.8 Å². The highest BCUT2D eigenvalue weighted by Gasteiger charge is 2.22. The minimum atomic E-state index is 1.02. The van der Waals surface area contributed by atoms with Gasteiger partial charge in [-0.2, -0.15) is 4.40 Å². The lowest BCUT2D eigenvalue weighted by molar-refractivity contribution is -0.646. The van der Waals surface area contributed by atoms with Crippen molar-refractivity contribution >= 4 is 33.4 Å². The molecule has 2 aromatic carbocycles. The maximum absolute atomic E-state index is 4.91. The predicted octanol–water partition coefficient (Wildman–Crippen LogP) is 3.03. The Bertz CT molecular complexity index is 1190. The molecule has 5 rings (SSSR count). The Morgan fingerprint density at radius 1 is 1.05 bits per heavy atom. The molecule has 0 atom stereocenters. The van der Waals surface area contributed by atoms with Crippen molar-refractivity contribution in [3.8, 4) is 0 Å². The van der Waals surface area contributed by atoms with E-state index in [1.807, 2.05) is 0 Å². The lowest BCUT2D eigenvalue weighted by Gasteiger charge is -2.02. The van der Waals surface area contributed by atoms with Gasteiger partial charge in [0.1, 0.15) is 22.7 Å². The lowest BCUT2D eigenvalue weighted by atomic mass is 10.2. The topological polar surface area (TPSA) is 25.6 Å². The van der Waals surface area contributed by atoms with E-state index in [0.717, 1.165) is 16.9 Å². The van der Waals surface area contributed by atoms with Crippen LogP contribution in [0.1, 0.15) is 5.56 Å². The molecule has 106 valence electrons. The molecular formula is C18H15N4+. The summed E-state index contributed by atoms with van der Waals surface area (Å²) in [5, 5.41) is 1.17. The van der Waals surface area contributed by atoms with Gasteiger partial charge in [0, 0.05) is 0 Å². The standard InChI is InChI=1S/C18H15N4/c1-12-6-5-8-14-16(12)22-17(19-14)13-7-3-4-9-15(13)21-11-10-20(2)18(21)22/h3-11H,1-2H3/q+1. The van der Waals surface area contributed by atoms with Crippen molar-refractivity contribution in [3.05, 3.63) is 60.4 Å². The molecule has 0 saturated heterocycles. The summed E-state index contributed by atoms with van der Waals surface area (Å²) in [6.07, 6.45) is 4.20. The number of rotatable bonds is 0. The van der Waals surface area contributed by atoms with Crippen LogP contribution >= 0.6 is 0 Å². The smallest absolute Gasteiger partial charge is 0.237 e. The maximum Gasteiger partial charge on any atom is 0.376 e. The van der Waals surface area contributed by atoms with Gasteiger partial charge in [0.25, 0.3) is 0 Å². The second-order valence-corrected chi connectivity index (χ2v) is 5.81. The maximum atomic E-state index is 4.91. The highest BCUT2D eigenvalue weighted by molar-refractivity contribution is 5.99. The predicted molar refractivity (Wildman–Crippen MR) is 87.1 cm³/mol. The van der Waals surface area contributed by atoms with E-state index in [1.165, 1.54) is 22.0 Å². The summed E-state index contributed by atoms with van der Waals surface area (Å²) in [5.74, 6) is 1.12. The molecule has 5 aromatic rings. The first-order chi connectivity index (χ1) is 10.8. The SMILES string of the molecule is Cc1cccc2nc3c4ccccc4n4cc[n+](C)c4n3c12. The third-order valence-electron chi connectivity index (χ3n) is 4.45. The number of imidazole rings is 2. The summed E-state index contributed by atoms with van der Waals surface area (Å²) in [5.41, 5.74) is 5.66. The number of aryl methyl sites for hydroxylation is 2. The van der Waals surface area contributed by atoms with Gasteiger partial charge >= 0.3 is 5.78 Å². The number of benzene rings is 2.